The van der Waals surface area contributed by atoms with Gasteiger partial charge in [0.1, 0.15) is 102 Å². The van der Waals surface area contributed by atoms with Gasteiger partial charge in [-0.1, -0.05) is 0 Å². The van der Waals surface area contributed by atoms with Crippen LogP contribution in [0.1, 0.15) is 30.3 Å². The summed E-state index contributed by atoms with van der Waals surface area (Å²) in [5.74, 6) is -2.24. The fourth-order valence-corrected chi connectivity index (χ4v) is 6.52. The quantitative estimate of drug-likeness (QED) is 0.122. The molecular formula is C32H38O18. The van der Waals surface area contributed by atoms with Crippen molar-refractivity contribution in [3.63, 3.8) is 0 Å². The van der Waals surface area contributed by atoms with Crippen molar-refractivity contribution in [2.24, 2.45) is 0 Å². The van der Waals surface area contributed by atoms with Crippen molar-refractivity contribution in [2.75, 3.05) is 13.2 Å². The average molecular weight is 711 g/mol. The molecule has 0 spiro atoms. The van der Waals surface area contributed by atoms with Gasteiger partial charge >= 0.3 is 0 Å². The molecule has 3 fully saturated rings. The first-order valence-corrected chi connectivity index (χ1v) is 15.6. The van der Waals surface area contributed by atoms with E-state index in [4.69, 9.17) is 23.4 Å². The smallest absolute Gasteiger partial charge is 0.197 e. The molecule has 6 rings (SSSR count). The maximum atomic E-state index is 13.8. The van der Waals surface area contributed by atoms with E-state index < -0.39 is 138 Å². The Balaban J connectivity index is 1.57. The first-order valence-electron chi connectivity index (χ1n) is 15.6. The Morgan fingerprint density at radius 3 is 2.10 bits per heavy atom. The first kappa shape index (κ1) is 36.3. The number of benzene rings is 2. The van der Waals surface area contributed by atoms with Crippen LogP contribution in [0.3, 0.4) is 0 Å². The zero-order valence-corrected chi connectivity index (χ0v) is 26.2. The summed E-state index contributed by atoms with van der Waals surface area (Å²) in [7, 11) is 0. The van der Waals surface area contributed by atoms with Crippen molar-refractivity contribution >= 4 is 11.0 Å². The van der Waals surface area contributed by atoms with Gasteiger partial charge in [-0.05, 0) is 31.2 Å². The molecule has 0 unspecified atom stereocenters. The van der Waals surface area contributed by atoms with Crippen LogP contribution in [0.5, 0.6) is 17.2 Å². The molecule has 0 bridgehead atoms. The topological polar surface area (TPSA) is 310 Å². The second-order valence-corrected chi connectivity index (χ2v) is 12.6. The van der Waals surface area contributed by atoms with Gasteiger partial charge in [-0.15, -0.1) is 0 Å². The first-order chi connectivity index (χ1) is 23.7. The molecule has 50 heavy (non-hydrogen) atoms. The molecular weight excluding hydrogens is 672 g/mol. The molecule has 3 aliphatic rings. The highest BCUT2D eigenvalue weighted by Crippen LogP contribution is 2.51. The third-order valence-corrected chi connectivity index (χ3v) is 9.38. The lowest BCUT2D eigenvalue weighted by Gasteiger charge is -2.46. The minimum Gasteiger partial charge on any atom is -0.508 e. The van der Waals surface area contributed by atoms with Gasteiger partial charge in [0.2, 0.25) is 0 Å². The molecule has 0 saturated carbocycles. The van der Waals surface area contributed by atoms with Gasteiger partial charge in [-0.25, -0.2) is 0 Å². The predicted molar refractivity (Wildman–Crippen MR) is 164 cm³/mol. The molecule has 2 aromatic carbocycles. The minimum absolute atomic E-state index is 0.104. The lowest BCUT2D eigenvalue weighted by molar-refractivity contribution is -0.338. The Labute approximate surface area is 281 Å². The molecule has 3 saturated heterocycles. The summed E-state index contributed by atoms with van der Waals surface area (Å²) >= 11 is 0. The molecule has 4 heterocycles. The van der Waals surface area contributed by atoms with Crippen LogP contribution in [0.15, 0.2) is 39.5 Å². The van der Waals surface area contributed by atoms with Crippen molar-refractivity contribution in [1.82, 2.24) is 0 Å². The predicted octanol–water partition coefficient (Wildman–Crippen LogP) is -2.90. The maximum absolute atomic E-state index is 13.8. The van der Waals surface area contributed by atoms with E-state index in [9.17, 15) is 66.1 Å². The lowest BCUT2D eigenvalue weighted by atomic mass is 9.85. The Bertz CT molecular complexity index is 1750. The Hall–Kier alpha value is -3.47. The van der Waals surface area contributed by atoms with E-state index >= 15 is 0 Å². The number of rotatable bonds is 6. The number of aliphatic hydroxyl groups is 9. The van der Waals surface area contributed by atoms with Crippen LogP contribution < -0.4 is 5.43 Å². The van der Waals surface area contributed by atoms with Crippen LogP contribution >= 0.6 is 0 Å². The summed E-state index contributed by atoms with van der Waals surface area (Å²) in [6, 6.07) is 6.38. The molecule has 3 aromatic rings. The molecule has 0 radical (unpaired) electrons. The molecule has 0 aliphatic carbocycles. The Morgan fingerprint density at radius 2 is 1.44 bits per heavy atom. The third kappa shape index (κ3) is 6.11. The Kier molecular flexibility index (Phi) is 10.1. The Morgan fingerprint density at radius 1 is 0.760 bits per heavy atom. The molecule has 14 atom stereocenters. The van der Waals surface area contributed by atoms with Crippen molar-refractivity contribution in [1.29, 1.82) is 0 Å². The fraction of sp³-hybridized carbons (Fsp3) is 0.531. The summed E-state index contributed by atoms with van der Waals surface area (Å²) in [6.45, 7) is -0.146. The molecule has 0 amide bonds. The van der Waals surface area contributed by atoms with Crippen molar-refractivity contribution in [3.8, 4) is 28.6 Å². The van der Waals surface area contributed by atoms with Crippen molar-refractivity contribution < 1.29 is 84.6 Å². The summed E-state index contributed by atoms with van der Waals surface area (Å²) in [5.41, 5.74) is -2.47. The van der Waals surface area contributed by atoms with E-state index in [1.165, 1.54) is 31.2 Å². The van der Waals surface area contributed by atoms with E-state index in [-0.39, 0.29) is 17.1 Å². The summed E-state index contributed by atoms with van der Waals surface area (Å²) < 4.78 is 28.7. The van der Waals surface area contributed by atoms with Gasteiger partial charge in [-0.3, -0.25) is 4.79 Å². The fourth-order valence-electron chi connectivity index (χ4n) is 6.52. The van der Waals surface area contributed by atoms with E-state index in [0.717, 1.165) is 6.07 Å². The van der Waals surface area contributed by atoms with Crippen molar-refractivity contribution in [2.45, 2.75) is 92.6 Å². The summed E-state index contributed by atoms with van der Waals surface area (Å²) in [6.07, 6.45) is -24.7. The van der Waals surface area contributed by atoms with Gasteiger partial charge in [-0.2, -0.15) is 0 Å². The van der Waals surface area contributed by atoms with E-state index in [0.29, 0.717) is 0 Å². The second kappa shape index (κ2) is 13.9. The van der Waals surface area contributed by atoms with Gasteiger partial charge in [0.25, 0.3) is 0 Å². The number of fused-ring (bicyclic) bond motifs is 1. The molecule has 12 N–H and O–H groups in total. The third-order valence-electron chi connectivity index (χ3n) is 9.38. The highest BCUT2D eigenvalue weighted by atomic mass is 16.7. The lowest BCUT2D eigenvalue weighted by Crippen LogP contribution is -2.61. The molecule has 274 valence electrons. The van der Waals surface area contributed by atoms with Crippen LogP contribution in [0, 0.1) is 0 Å². The summed E-state index contributed by atoms with van der Waals surface area (Å²) in [5, 5.41) is 128. The highest BCUT2D eigenvalue weighted by Gasteiger charge is 2.52. The molecule has 18 nitrogen and oxygen atoms in total. The molecule has 1 aromatic heterocycles. The van der Waals surface area contributed by atoms with Crippen LogP contribution in [-0.2, 0) is 18.9 Å². The van der Waals surface area contributed by atoms with Gasteiger partial charge in [0.05, 0.1) is 30.4 Å². The maximum Gasteiger partial charge on any atom is 0.197 e. The second-order valence-electron chi connectivity index (χ2n) is 12.6. The zero-order valence-electron chi connectivity index (χ0n) is 26.2. The van der Waals surface area contributed by atoms with Gasteiger partial charge in [0.15, 0.2) is 17.3 Å². The highest BCUT2D eigenvalue weighted by molar-refractivity contribution is 5.92. The largest absolute Gasteiger partial charge is 0.508 e. The number of hydrogen-bond acceptors (Lipinski definition) is 18. The number of phenolic OH excluding ortho intramolecular Hbond substituents is 3. The van der Waals surface area contributed by atoms with E-state index in [1.807, 2.05) is 0 Å². The number of ether oxygens (including phenoxy) is 4. The number of aromatic hydroxyl groups is 3. The standard InChI is InChI=1S/C32H38O18/c1-9-19(37)24(42)27(45)32(47-9)50-31-26(44)21(39)15(7-33)49-30(31)17-22(40)16-12(35)6-14(10-2-4-11(34)5-3-10)48-28(16)18(23(17)41)29-25(43)20(38)13(36)8-46-29/h2-6,9,13,15,19-21,24-27,29-34,36-45H,7-8H2,1H3/t9-,13-,15+,19-,20-,21+,24+,25+,26-,27+,29-,30-,31+,32-/m0/s1. The zero-order chi connectivity index (χ0) is 36.3. The van der Waals surface area contributed by atoms with Crippen LogP contribution in [0.25, 0.3) is 22.3 Å². The molecule has 3 aliphatic heterocycles. The van der Waals surface area contributed by atoms with E-state index in [1.54, 1.807) is 0 Å². The van der Waals surface area contributed by atoms with Crippen LogP contribution in [0.2, 0.25) is 0 Å². The minimum atomic E-state index is -2.03. The van der Waals surface area contributed by atoms with Crippen LogP contribution in [-0.4, -0.2) is 148 Å². The SMILES string of the molecule is C[C@@H]1O[C@@H](O[C@@H]2[C@@H](O)[C@H](O)[C@@H](CO)O[C@H]2c2c(O)c([C@@H]3OC[C@H](O)[C@H](O)[C@H]3O)c3oc(-c4ccc(O)cc4)cc(=O)c3c2O)[C@H](O)[C@H](O)[C@H]1O. The van der Waals surface area contributed by atoms with Gasteiger partial charge in [0, 0.05) is 11.6 Å². The average Bonchev–Trinajstić information content (AvgIpc) is 3.08. The van der Waals surface area contributed by atoms with Crippen molar-refractivity contribution in [3.05, 3.63) is 51.7 Å². The summed E-state index contributed by atoms with van der Waals surface area (Å²) in [4.78, 5) is 13.8. The number of aliphatic hydroxyl groups excluding tert-OH is 9. The number of hydrogen-bond donors (Lipinski definition) is 12. The van der Waals surface area contributed by atoms with Crippen LogP contribution in [0.4, 0.5) is 0 Å². The molecule has 18 heteroatoms. The monoisotopic (exact) mass is 710 g/mol. The normalized spacial score (nSPS) is 38.0. The number of phenols is 3. The van der Waals surface area contributed by atoms with E-state index in [2.05, 4.69) is 0 Å². The van der Waals surface area contributed by atoms with Gasteiger partial charge < -0.3 is 84.6 Å².